The van der Waals surface area contributed by atoms with Crippen LogP contribution in [-0.4, -0.2) is 17.8 Å². The third-order valence-corrected chi connectivity index (χ3v) is 6.09. The molecular weight excluding hydrogens is 419 g/mol. The second-order valence-electron chi connectivity index (χ2n) is 7.56. The number of aryl methyl sites for hydroxylation is 1. The summed E-state index contributed by atoms with van der Waals surface area (Å²) >= 11 is 12.8. The number of hydrazone groups is 1. The van der Waals surface area contributed by atoms with Gasteiger partial charge in [-0.25, -0.2) is 5.01 Å². The third-order valence-electron chi connectivity index (χ3n) is 5.59. The summed E-state index contributed by atoms with van der Waals surface area (Å²) in [7, 11) is 1.66. The number of ether oxygens (including phenoxy) is 2. The average molecular weight is 439 g/mol. The van der Waals surface area contributed by atoms with Gasteiger partial charge in [0.15, 0.2) is 0 Å². The van der Waals surface area contributed by atoms with Gasteiger partial charge in [0.2, 0.25) is 6.23 Å². The first kappa shape index (κ1) is 19.3. The highest BCUT2D eigenvalue weighted by Gasteiger charge is 2.42. The maximum Gasteiger partial charge on any atom is 0.213 e. The van der Waals surface area contributed by atoms with E-state index in [1.165, 1.54) is 5.56 Å². The molecule has 0 amide bonds. The van der Waals surface area contributed by atoms with Crippen LogP contribution >= 0.6 is 23.2 Å². The fourth-order valence-corrected chi connectivity index (χ4v) is 4.58. The Kier molecular flexibility index (Phi) is 4.84. The zero-order chi connectivity index (χ0) is 20.8. The van der Waals surface area contributed by atoms with E-state index in [9.17, 15) is 0 Å². The average Bonchev–Trinajstić information content (AvgIpc) is 3.20. The molecule has 0 fully saturated rings. The van der Waals surface area contributed by atoms with Gasteiger partial charge in [-0.3, -0.25) is 0 Å². The van der Waals surface area contributed by atoms with E-state index < -0.39 is 0 Å². The van der Waals surface area contributed by atoms with E-state index in [0.29, 0.717) is 15.8 Å². The van der Waals surface area contributed by atoms with E-state index in [4.69, 9.17) is 37.8 Å². The highest BCUT2D eigenvalue weighted by atomic mass is 35.5. The van der Waals surface area contributed by atoms with Crippen LogP contribution in [0.15, 0.2) is 65.8 Å². The third kappa shape index (κ3) is 3.30. The number of fused-ring (bicyclic) bond motifs is 3. The largest absolute Gasteiger partial charge is 0.497 e. The van der Waals surface area contributed by atoms with E-state index >= 15 is 0 Å². The van der Waals surface area contributed by atoms with Crippen LogP contribution < -0.4 is 9.47 Å². The van der Waals surface area contributed by atoms with Gasteiger partial charge >= 0.3 is 0 Å². The van der Waals surface area contributed by atoms with Crippen LogP contribution in [0.4, 0.5) is 0 Å². The molecule has 4 nitrogen and oxygen atoms in total. The Hall–Kier alpha value is -2.69. The molecule has 2 heterocycles. The lowest BCUT2D eigenvalue weighted by Gasteiger charge is -2.38. The molecular formula is C24H20Cl2N2O2. The molecule has 3 aromatic carbocycles. The smallest absolute Gasteiger partial charge is 0.213 e. The first-order chi connectivity index (χ1) is 14.5. The van der Waals surface area contributed by atoms with Crippen molar-refractivity contribution in [2.75, 3.05) is 7.11 Å². The van der Waals surface area contributed by atoms with Crippen LogP contribution in [-0.2, 0) is 0 Å². The molecule has 0 saturated carbocycles. The maximum absolute atomic E-state index is 6.52. The first-order valence-electron chi connectivity index (χ1n) is 9.76. The summed E-state index contributed by atoms with van der Waals surface area (Å²) in [6.07, 6.45) is 0.374. The highest BCUT2D eigenvalue weighted by Crippen LogP contribution is 2.50. The fraction of sp³-hybridized carbons (Fsp3) is 0.208. The molecule has 0 N–H and O–H groups in total. The summed E-state index contributed by atoms with van der Waals surface area (Å²) in [5, 5.41) is 8.11. The Labute approximate surface area is 185 Å². The zero-order valence-corrected chi connectivity index (χ0v) is 18.1. The van der Waals surface area contributed by atoms with E-state index in [0.717, 1.165) is 34.6 Å². The zero-order valence-electron chi connectivity index (χ0n) is 16.6. The molecule has 0 bridgehead atoms. The van der Waals surface area contributed by atoms with Gasteiger partial charge in [0, 0.05) is 22.6 Å². The molecule has 2 aliphatic rings. The summed E-state index contributed by atoms with van der Waals surface area (Å²) < 4.78 is 11.7. The van der Waals surface area contributed by atoms with Gasteiger partial charge in [0.1, 0.15) is 11.5 Å². The quantitative estimate of drug-likeness (QED) is 0.464. The van der Waals surface area contributed by atoms with Crippen molar-refractivity contribution >= 4 is 28.9 Å². The van der Waals surface area contributed by atoms with Gasteiger partial charge in [-0.05, 0) is 48.9 Å². The molecule has 0 saturated heterocycles. The molecule has 2 atom stereocenters. The molecule has 2 aliphatic heterocycles. The van der Waals surface area contributed by atoms with Crippen LogP contribution in [0.2, 0.25) is 10.0 Å². The minimum Gasteiger partial charge on any atom is -0.497 e. The SMILES string of the molecule is COc1ccc(C2=NN3[C@H](C2)c2cc(Cl)cc(Cl)c2O[C@@H]3c2ccc(C)cc2)cc1. The van der Waals surface area contributed by atoms with Gasteiger partial charge in [0.25, 0.3) is 0 Å². The molecule has 5 rings (SSSR count). The van der Waals surface area contributed by atoms with E-state index in [2.05, 4.69) is 31.2 Å². The number of hydrogen-bond donors (Lipinski definition) is 0. The van der Waals surface area contributed by atoms with Crippen LogP contribution in [0, 0.1) is 6.92 Å². The van der Waals surface area contributed by atoms with Crippen molar-refractivity contribution in [2.45, 2.75) is 25.6 Å². The molecule has 30 heavy (non-hydrogen) atoms. The van der Waals surface area contributed by atoms with Gasteiger partial charge in [-0.15, -0.1) is 0 Å². The Morgan fingerprint density at radius 3 is 2.47 bits per heavy atom. The Balaban J connectivity index is 1.60. The Morgan fingerprint density at radius 1 is 1.03 bits per heavy atom. The van der Waals surface area contributed by atoms with Gasteiger partial charge < -0.3 is 9.47 Å². The molecule has 6 heteroatoms. The lowest BCUT2D eigenvalue weighted by molar-refractivity contribution is -0.0189. The van der Waals surface area contributed by atoms with Gasteiger partial charge in [0.05, 0.1) is 23.9 Å². The summed E-state index contributed by atoms with van der Waals surface area (Å²) in [5.74, 6) is 1.50. The monoisotopic (exact) mass is 438 g/mol. The van der Waals surface area contributed by atoms with Crippen molar-refractivity contribution in [1.29, 1.82) is 0 Å². The molecule has 152 valence electrons. The minimum atomic E-state index is -0.363. The topological polar surface area (TPSA) is 34.1 Å². The van der Waals surface area contributed by atoms with Crippen LogP contribution in [0.1, 0.15) is 40.9 Å². The van der Waals surface area contributed by atoms with Crippen LogP contribution in [0.3, 0.4) is 0 Å². The number of hydrogen-bond acceptors (Lipinski definition) is 4. The summed E-state index contributed by atoms with van der Waals surface area (Å²) in [4.78, 5) is 0. The van der Waals surface area contributed by atoms with Crippen molar-refractivity contribution in [1.82, 2.24) is 5.01 Å². The second-order valence-corrected chi connectivity index (χ2v) is 8.41. The second kappa shape index (κ2) is 7.53. The normalized spacial score (nSPS) is 19.6. The van der Waals surface area contributed by atoms with Crippen molar-refractivity contribution in [3.05, 3.63) is 93.0 Å². The molecule has 0 unspecified atom stereocenters. The summed E-state index contributed by atoms with van der Waals surface area (Å²) in [5.41, 5.74) is 5.24. The van der Waals surface area contributed by atoms with Crippen molar-refractivity contribution in [2.24, 2.45) is 5.10 Å². The fourth-order valence-electron chi connectivity index (χ4n) is 4.02. The Bertz CT molecular complexity index is 1130. The number of halogens is 2. The van der Waals surface area contributed by atoms with Gasteiger partial charge in [-0.1, -0.05) is 53.0 Å². The maximum atomic E-state index is 6.52. The lowest BCUT2D eigenvalue weighted by Crippen LogP contribution is -2.33. The van der Waals surface area contributed by atoms with Crippen molar-refractivity contribution in [3.63, 3.8) is 0 Å². The standard InChI is InChI=1S/C24H20Cl2N2O2/c1-14-3-5-16(6-4-14)24-28-22(19-11-17(25)12-20(26)23(19)30-24)13-21(27-28)15-7-9-18(29-2)10-8-15/h3-12,22,24H,13H2,1-2H3/t22-,24-/m1/s1. The number of rotatable bonds is 3. The van der Waals surface area contributed by atoms with Crippen LogP contribution in [0.5, 0.6) is 11.5 Å². The summed E-state index contributed by atoms with van der Waals surface area (Å²) in [6.45, 7) is 2.07. The number of methoxy groups -OCH3 is 1. The van der Waals surface area contributed by atoms with E-state index in [-0.39, 0.29) is 12.3 Å². The predicted molar refractivity (Wildman–Crippen MR) is 120 cm³/mol. The molecule has 0 aliphatic carbocycles. The molecule has 0 aromatic heterocycles. The van der Waals surface area contributed by atoms with E-state index in [1.807, 2.05) is 35.3 Å². The lowest BCUT2D eigenvalue weighted by atomic mass is 9.95. The number of benzene rings is 3. The summed E-state index contributed by atoms with van der Waals surface area (Å²) in [6, 6.07) is 19.9. The van der Waals surface area contributed by atoms with Crippen molar-refractivity contribution < 1.29 is 9.47 Å². The minimum absolute atomic E-state index is 0.00615. The molecule has 3 aromatic rings. The molecule has 0 radical (unpaired) electrons. The van der Waals surface area contributed by atoms with E-state index in [1.54, 1.807) is 13.2 Å². The number of nitrogens with zero attached hydrogens (tertiary/aromatic N) is 2. The first-order valence-corrected chi connectivity index (χ1v) is 10.5. The van der Waals surface area contributed by atoms with Crippen molar-refractivity contribution in [3.8, 4) is 11.5 Å². The Morgan fingerprint density at radius 2 is 1.77 bits per heavy atom. The van der Waals surface area contributed by atoms with Gasteiger partial charge in [-0.2, -0.15) is 5.10 Å². The van der Waals surface area contributed by atoms with Crippen LogP contribution in [0.25, 0.3) is 0 Å². The predicted octanol–water partition coefficient (Wildman–Crippen LogP) is 6.55. The molecule has 0 spiro atoms. The highest BCUT2D eigenvalue weighted by molar-refractivity contribution is 6.35.